The van der Waals surface area contributed by atoms with Crippen LogP contribution in [0.1, 0.15) is 18.2 Å². The van der Waals surface area contributed by atoms with Crippen LogP contribution in [0.3, 0.4) is 0 Å². The molecule has 1 aromatic heterocycles. The summed E-state index contributed by atoms with van der Waals surface area (Å²) in [5.41, 5.74) is 5.71. The van der Waals surface area contributed by atoms with E-state index in [-0.39, 0.29) is 5.75 Å². The van der Waals surface area contributed by atoms with Gasteiger partial charge in [0.2, 0.25) is 0 Å². The van der Waals surface area contributed by atoms with E-state index in [2.05, 4.69) is 19.1 Å². The lowest BCUT2D eigenvalue weighted by molar-refractivity contribution is 0.304. The molecule has 4 aromatic rings. The topological polar surface area (TPSA) is 47.3 Å². The van der Waals surface area contributed by atoms with Crippen LogP contribution >= 0.6 is 11.6 Å². The molecule has 4 nitrogen and oxygen atoms in total. The van der Waals surface area contributed by atoms with Gasteiger partial charge in [0.15, 0.2) is 0 Å². The molecule has 0 fully saturated rings. The molecule has 0 aliphatic heterocycles. The van der Waals surface area contributed by atoms with Gasteiger partial charge in [-0.1, -0.05) is 61.0 Å². The molecule has 0 aliphatic carbocycles. The van der Waals surface area contributed by atoms with Gasteiger partial charge in [-0.15, -0.1) is 0 Å². The van der Waals surface area contributed by atoms with Crippen molar-refractivity contribution in [3.05, 3.63) is 89.1 Å². The molecule has 0 amide bonds. The Balaban J connectivity index is 1.66. The van der Waals surface area contributed by atoms with Crippen LogP contribution in [0.5, 0.6) is 11.5 Å². The highest BCUT2D eigenvalue weighted by Gasteiger charge is 2.20. The van der Waals surface area contributed by atoms with Gasteiger partial charge in [-0.05, 0) is 41.8 Å². The third-order valence-corrected chi connectivity index (χ3v) is 5.36. The molecule has 30 heavy (non-hydrogen) atoms. The first-order valence-electron chi connectivity index (χ1n) is 9.88. The van der Waals surface area contributed by atoms with Crippen LogP contribution in [-0.4, -0.2) is 14.9 Å². The Morgan fingerprint density at radius 1 is 1.00 bits per heavy atom. The van der Waals surface area contributed by atoms with Crippen molar-refractivity contribution in [3.63, 3.8) is 0 Å². The molecule has 1 N–H and O–H groups in total. The highest BCUT2D eigenvalue weighted by atomic mass is 35.5. The Morgan fingerprint density at radius 2 is 1.73 bits per heavy atom. The summed E-state index contributed by atoms with van der Waals surface area (Å²) >= 11 is 5.92. The number of aryl methyl sites for hydroxylation is 1. The van der Waals surface area contributed by atoms with Crippen LogP contribution in [0, 0.1) is 0 Å². The van der Waals surface area contributed by atoms with E-state index in [1.54, 1.807) is 6.07 Å². The molecule has 4 rings (SSSR count). The van der Waals surface area contributed by atoms with Crippen molar-refractivity contribution in [2.45, 2.75) is 20.0 Å². The fraction of sp³-hybridized carbons (Fsp3) is 0.160. The van der Waals surface area contributed by atoms with Crippen LogP contribution in [0.25, 0.3) is 22.4 Å². The van der Waals surface area contributed by atoms with Gasteiger partial charge in [0.25, 0.3) is 0 Å². The molecule has 0 unspecified atom stereocenters. The molecule has 1 heterocycles. The Bertz CT molecular complexity index is 1150. The number of hydrogen-bond acceptors (Lipinski definition) is 3. The lowest BCUT2D eigenvalue weighted by Gasteiger charge is -2.10. The summed E-state index contributed by atoms with van der Waals surface area (Å²) in [5, 5.41) is 16.2. The third-order valence-electron chi connectivity index (χ3n) is 5.11. The van der Waals surface area contributed by atoms with Gasteiger partial charge in [-0.3, -0.25) is 4.68 Å². The zero-order valence-corrected chi connectivity index (χ0v) is 17.7. The summed E-state index contributed by atoms with van der Waals surface area (Å²) in [6, 6.07) is 23.0. The molecule has 0 bridgehead atoms. The first kappa shape index (κ1) is 20.0. The molecular weight excluding hydrogens is 396 g/mol. The number of aromatic hydroxyl groups is 1. The van der Waals surface area contributed by atoms with Crippen LogP contribution < -0.4 is 4.74 Å². The second-order valence-electron chi connectivity index (χ2n) is 7.11. The van der Waals surface area contributed by atoms with Crippen LogP contribution in [0.15, 0.2) is 72.8 Å². The zero-order valence-electron chi connectivity index (χ0n) is 17.0. The van der Waals surface area contributed by atoms with E-state index in [0.29, 0.717) is 22.9 Å². The van der Waals surface area contributed by atoms with Gasteiger partial charge in [0.05, 0.1) is 0 Å². The smallest absolute Gasteiger partial charge is 0.128 e. The Morgan fingerprint density at radius 3 is 2.40 bits per heavy atom. The van der Waals surface area contributed by atoms with Crippen molar-refractivity contribution < 1.29 is 9.84 Å². The van der Waals surface area contributed by atoms with Gasteiger partial charge < -0.3 is 9.84 Å². The van der Waals surface area contributed by atoms with Crippen LogP contribution in [0.4, 0.5) is 0 Å². The Kier molecular flexibility index (Phi) is 5.77. The summed E-state index contributed by atoms with van der Waals surface area (Å²) in [6.07, 6.45) is 0.844. The van der Waals surface area contributed by atoms with Crippen molar-refractivity contribution in [2.24, 2.45) is 7.05 Å². The summed E-state index contributed by atoms with van der Waals surface area (Å²) < 4.78 is 7.73. The number of benzene rings is 3. The largest absolute Gasteiger partial charge is 0.507 e. The minimum Gasteiger partial charge on any atom is -0.507 e. The fourth-order valence-electron chi connectivity index (χ4n) is 3.61. The predicted octanol–water partition coefficient (Wildman–Crippen LogP) is 6.25. The number of nitrogens with zero attached hydrogens (tertiary/aromatic N) is 2. The Hall–Kier alpha value is -3.24. The van der Waals surface area contributed by atoms with E-state index in [0.717, 1.165) is 34.5 Å². The van der Waals surface area contributed by atoms with Gasteiger partial charge >= 0.3 is 0 Å². The van der Waals surface area contributed by atoms with E-state index in [1.807, 2.05) is 66.3 Å². The summed E-state index contributed by atoms with van der Waals surface area (Å²) in [5.74, 6) is 0.737. The van der Waals surface area contributed by atoms with Gasteiger partial charge in [-0.25, -0.2) is 0 Å². The molecular formula is C25H23ClN2O2. The number of hydrogen-bond donors (Lipinski definition) is 1. The number of aromatic nitrogens is 2. The number of halogens is 1. The minimum atomic E-state index is 0.140. The predicted molar refractivity (Wildman–Crippen MR) is 121 cm³/mol. The molecule has 0 atom stereocenters. The quantitative estimate of drug-likeness (QED) is 0.402. The monoisotopic (exact) mass is 418 g/mol. The van der Waals surface area contributed by atoms with Crippen molar-refractivity contribution in [3.8, 4) is 33.9 Å². The average molecular weight is 419 g/mol. The highest BCUT2D eigenvalue weighted by molar-refractivity contribution is 6.30. The fourth-order valence-corrected chi connectivity index (χ4v) is 3.74. The second-order valence-corrected chi connectivity index (χ2v) is 7.54. The molecule has 3 aromatic carbocycles. The zero-order chi connectivity index (χ0) is 21.1. The molecule has 0 aliphatic rings. The van der Waals surface area contributed by atoms with E-state index in [9.17, 15) is 5.11 Å². The van der Waals surface area contributed by atoms with Crippen molar-refractivity contribution in [1.29, 1.82) is 0 Å². The van der Waals surface area contributed by atoms with Crippen molar-refractivity contribution >= 4 is 11.6 Å². The molecule has 152 valence electrons. The maximum atomic E-state index is 10.8. The van der Waals surface area contributed by atoms with Gasteiger partial charge in [0, 0.05) is 35.0 Å². The molecule has 0 spiro atoms. The second kappa shape index (κ2) is 8.64. The molecule has 0 saturated heterocycles. The first-order valence-corrected chi connectivity index (χ1v) is 10.3. The maximum Gasteiger partial charge on any atom is 0.128 e. The molecule has 0 radical (unpaired) electrons. The van der Waals surface area contributed by atoms with Crippen LogP contribution in [-0.2, 0) is 20.1 Å². The maximum absolute atomic E-state index is 10.8. The minimum absolute atomic E-state index is 0.140. The van der Waals surface area contributed by atoms with Gasteiger partial charge in [0.1, 0.15) is 23.8 Å². The summed E-state index contributed by atoms with van der Waals surface area (Å²) in [4.78, 5) is 0. The number of phenolic OH excluding ortho intramolecular Hbond substituents is 1. The Labute approximate surface area is 181 Å². The van der Waals surface area contributed by atoms with Crippen molar-refractivity contribution in [2.75, 3.05) is 0 Å². The van der Waals surface area contributed by atoms with Crippen LogP contribution in [0.2, 0.25) is 5.02 Å². The molecule has 5 heteroatoms. The number of rotatable bonds is 6. The van der Waals surface area contributed by atoms with E-state index in [4.69, 9.17) is 21.4 Å². The lowest BCUT2D eigenvalue weighted by atomic mass is 9.97. The van der Waals surface area contributed by atoms with E-state index in [1.165, 1.54) is 0 Å². The SMILES string of the molecule is CCc1c(-c2ccccc2)c(-c2ccc(OCc3ccc(Cl)cc3)cc2O)nn1C. The summed E-state index contributed by atoms with van der Waals surface area (Å²) in [6.45, 7) is 2.51. The third kappa shape index (κ3) is 4.05. The number of ether oxygens (including phenoxy) is 1. The summed E-state index contributed by atoms with van der Waals surface area (Å²) in [7, 11) is 1.94. The standard InChI is InChI=1S/C25H23ClN2O2/c1-3-22-24(18-7-5-4-6-8-18)25(27-28(22)2)21-14-13-20(15-23(21)29)30-16-17-9-11-19(26)12-10-17/h4-15,29H,3,16H2,1-2H3. The average Bonchev–Trinajstić information content (AvgIpc) is 3.10. The van der Waals surface area contributed by atoms with E-state index >= 15 is 0 Å². The molecule has 0 saturated carbocycles. The normalized spacial score (nSPS) is 10.9. The van der Waals surface area contributed by atoms with E-state index < -0.39 is 0 Å². The van der Waals surface area contributed by atoms with Crippen molar-refractivity contribution in [1.82, 2.24) is 9.78 Å². The first-order chi connectivity index (χ1) is 14.6. The lowest BCUT2D eigenvalue weighted by Crippen LogP contribution is -1.97. The number of phenols is 1. The highest BCUT2D eigenvalue weighted by Crippen LogP contribution is 2.39. The van der Waals surface area contributed by atoms with Gasteiger partial charge in [-0.2, -0.15) is 5.10 Å².